The Morgan fingerprint density at radius 2 is 2.03 bits per heavy atom. The third-order valence-electron chi connectivity index (χ3n) is 5.86. The van der Waals surface area contributed by atoms with E-state index in [0.29, 0.717) is 42.5 Å². The lowest BCUT2D eigenvalue weighted by atomic mass is 9.84. The van der Waals surface area contributed by atoms with E-state index in [1.807, 2.05) is 0 Å². The quantitative estimate of drug-likeness (QED) is 0.540. The number of fused-ring (bicyclic) bond motifs is 1. The third-order valence-corrected chi connectivity index (χ3v) is 6.09. The van der Waals surface area contributed by atoms with Gasteiger partial charge in [0.25, 0.3) is 5.91 Å². The molecule has 29 heavy (non-hydrogen) atoms. The highest BCUT2D eigenvalue weighted by atomic mass is 35.5. The van der Waals surface area contributed by atoms with Crippen molar-refractivity contribution in [3.05, 3.63) is 34.9 Å². The van der Waals surface area contributed by atoms with Crippen LogP contribution in [0.1, 0.15) is 62.2 Å². The standard InChI is InChI=1S/C22H29ClN2O4/c1-2-29-20(26)11-6-12-24-21(27)19-14-15-7-3-4-10-18(15)25(19)22(28)16-8-5-9-17(23)13-16/h5,8-9,13,15,18-19H,2-4,6-7,10-12,14H2,1H3,(H,24,27). The average Bonchev–Trinajstić information content (AvgIpc) is 3.10. The van der Waals surface area contributed by atoms with Crippen molar-refractivity contribution in [2.45, 2.75) is 64.0 Å². The molecule has 1 aliphatic carbocycles. The van der Waals surface area contributed by atoms with Crippen LogP contribution in [0.2, 0.25) is 5.02 Å². The molecule has 0 spiro atoms. The zero-order valence-electron chi connectivity index (χ0n) is 16.9. The Kier molecular flexibility index (Phi) is 7.53. The Balaban J connectivity index is 1.67. The van der Waals surface area contributed by atoms with Gasteiger partial charge in [0, 0.05) is 29.6 Å². The lowest BCUT2D eigenvalue weighted by Crippen LogP contribution is -2.49. The number of amides is 2. The number of carbonyl (C=O) groups excluding carboxylic acids is 3. The highest BCUT2D eigenvalue weighted by molar-refractivity contribution is 6.31. The predicted molar refractivity (Wildman–Crippen MR) is 111 cm³/mol. The number of hydrogen-bond donors (Lipinski definition) is 1. The number of halogens is 1. The van der Waals surface area contributed by atoms with E-state index in [2.05, 4.69) is 5.32 Å². The Morgan fingerprint density at radius 1 is 1.24 bits per heavy atom. The molecule has 1 aliphatic heterocycles. The second-order valence-electron chi connectivity index (χ2n) is 7.79. The van der Waals surface area contributed by atoms with Crippen LogP contribution in [0.4, 0.5) is 0 Å². The molecule has 1 N–H and O–H groups in total. The van der Waals surface area contributed by atoms with Crippen molar-refractivity contribution in [1.82, 2.24) is 10.2 Å². The number of hydrogen-bond acceptors (Lipinski definition) is 4. The summed E-state index contributed by atoms with van der Waals surface area (Å²) < 4.78 is 4.90. The zero-order valence-corrected chi connectivity index (χ0v) is 17.6. The van der Waals surface area contributed by atoms with Crippen molar-refractivity contribution in [2.24, 2.45) is 5.92 Å². The second kappa shape index (κ2) is 10.1. The number of nitrogens with one attached hydrogen (secondary N) is 1. The van der Waals surface area contributed by atoms with Crippen molar-refractivity contribution in [3.8, 4) is 0 Å². The number of carbonyl (C=O) groups is 3. The molecule has 1 aromatic carbocycles. The highest BCUT2D eigenvalue weighted by Gasteiger charge is 2.47. The van der Waals surface area contributed by atoms with Gasteiger partial charge in [0.15, 0.2) is 0 Å². The van der Waals surface area contributed by atoms with Gasteiger partial charge in [-0.25, -0.2) is 0 Å². The topological polar surface area (TPSA) is 75.7 Å². The van der Waals surface area contributed by atoms with Crippen LogP contribution in [0, 0.1) is 5.92 Å². The maximum Gasteiger partial charge on any atom is 0.305 e. The van der Waals surface area contributed by atoms with Gasteiger partial charge >= 0.3 is 5.97 Å². The van der Waals surface area contributed by atoms with Crippen LogP contribution >= 0.6 is 11.6 Å². The van der Waals surface area contributed by atoms with Gasteiger partial charge in [0.05, 0.1) is 6.61 Å². The molecule has 158 valence electrons. The van der Waals surface area contributed by atoms with Crippen molar-refractivity contribution in [2.75, 3.05) is 13.2 Å². The predicted octanol–water partition coefficient (Wildman–Crippen LogP) is 3.57. The summed E-state index contributed by atoms with van der Waals surface area (Å²) in [6.07, 6.45) is 5.70. The summed E-state index contributed by atoms with van der Waals surface area (Å²) in [5.41, 5.74) is 0.517. The zero-order chi connectivity index (χ0) is 20.8. The van der Waals surface area contributed by atoms with Crippen LogP contribution in [0.3, 0.4) is 0 Å². The number of ether oxygens (including phenoxy) is 1. The van der Waals surface area contributed by atoms with E-state index in [-0.39, 0.29) is 30.2 Å². The molecule has 3 unspecified atom stereocenters. The third kappa shape index (κ3) is 5.30. The molecular weight excluding hydrogens is 392 g/mol. The number of esters is 1. The minimum absolute atomic E-state index is 0.102. The molecule has 3 rings (SSSR count). The molecule has 0 aromatic heterocycles. The van der Waals surface area contributed by atoms with Gasteiger partial charge < -0.3 is 15.0 Å². The Morgan fingerprint density at radius 3 is 2.79 bits per heavy atom. The fraction of sp³-hybridized carbons (Fsp3) is 0.591. The Hall–Kier alpha value is -2.08. The molecule has 0 bridgehead atoms. The Labute approximate surface area is 176 Å². The molecule has 2 amide bonds. The van der Waals surface area contributed by atoms with Crippen molar-refractivity contribution in [1.29, 1.82) is 0 Å². The summed E-state index contributed by atoms with van der Waals surface area (Å²) in [7, 11) is 0. The van der Waals surface area contributed by atoms with E-state index in [0.717, 1.165) is 25.7 Å². The summed E-state index contributed by atoms with van der Waals surface area (Å²) in [4.78, 5) is 39.4. The summed E-state index contributed by atoms with van der Waals surface area (Å²) in [6, 6.07) is 6.53. The first-order valence-electron chi connectivity index (χ1n) is 10.5. The molecule has 6 nitrogen and oxygen atoms in total. The maximum atomic E-state index is 13.3. The van der Waals surface area contributed by atoms with Crippen molar-refractivity contribution in [3.63, 3.8) is 0 Å². The molecule has 2 fully saturated rings. The van der Waals surface area contributed by atoms with Gasteiger partial charge in [-0.3, -0.25) is 14.4 Å². The van der Waals surface area contributed by atoms with Gasteiger partial charge in [-0.2, -0.15) is 0 Å². The number of benzene rings is 1. The normalized spacial score (nSPS) is 23.4. The molecule has 0 radical (unpaired) electrons. The SMILES string of the molecule is CCOC(=O)CCCNC(=O)C1CC2CCCCC2N1C(=O)c1cccc(Cl)c1. The molecule has 7 heteroatoms. The van der Waals surface area contributed by atoms with Crippen molar-refractivity contribution >= 4 is 29.4 Å². The van der Waals surface area contributed by atoms with Crippen LogP contribution in [0.5, 0.6) is 0 Å². The molecule has 1 heterocycles. The molecule has 3 atom stereocenters. The van der Waals surface area contributed by atoms with Crippen LogP contribution in [-0.2, 0) is 14.3 Å². The van der Waals surface area contributed by atoms with Crippen LogP contribution < -0.4 is 5.32 Å². The van der Waals surface area contributed by atoms with E-state index in [1.54, 1.807) is 36.1 Å². The molecule has 1 saturated carbocycles. The fourth-order valence-corrected chi connectivity index (χ4v) is 4.74. The summed E-state index contributed by atoms with van der Waals surface area (Å²) in [5, 5.41) is 3.42. The monoisotopic (exact) mass is 420 g/mol. The summed E-state index contributed by atoms with van der Waals surface area (Å²) >= 11 is 6.08. The van der Waals surface area contributed by atoms with Crippen LogP contribution in [-0.4, -0.2) is 47.9 Å². The minimum atomic E-state index is -0.475. The minimum Gasteiger partial charge on any atom is -0.466 e. The lowest BCUT2D eigenvalue weighted by molar-refractivity contribution is -0.143. The fourth-order valence-electron chi connectivity index (χ4n) is 4.55. The largest absolute Gasteiger partial charge is 0.466 e. The van der Waals surface area contributed by atoms with Crippen molar-refractivity contribution < 1.29 is 19.1 Å². The average molecular weight is 421 g/mol. The smallest absolute Gasteiger partial charge is 0.305 e. The van der Waals surface area contributed by atoms with E-state index in [9.17, 15) is 14.4 Å². The van der Waals surface area contributed by atoms with E-state index < -0.39 is 6.04 Å². The lowest BCUT2D eigenvalue weighted by Gasteiger charge is -2.33. The Bertz CT molecular complexity index is 754. The number of nitrogens with zero attached hydrogens (tertiary/aromatic N) is 1. The molecule has 2 aliphatic rings. The summed E-state index contributed by atoms with van der Waals surface area (Å²) in [5.74, 6) is -0.166. The van der Waals surface area contributed by atoms with Gasteiger partial charge in [0.2, 0.25) is 5.91 Å². The van der Waals surface area contributed by atoms with Gasteiger partial charge in [-0.05, 0) is 56.7 Å². The highest BCUT2D eigenvalue weighted by Crippen LogP contribution is 2.40. The maximum absolute atomic E-state index is 13.3. The van der Waals surface area contributed by atoms with E-state index in [1.165, 1.54) is 0 Å². The first kappa shape index (κ1) is 21.6. The molecule has 1 saturated heterocycles. The van der Waals surface area contributed by atoms with E-state index in [4.69, 9.17) is 16.3 Å². The van der Waals surface area contributed by atoms with Crippen LogP contribution in [0.25, 0.3) is 0 Å². The first-order valence-corrected chi connectivity index (χ1v) is 10.9. The number of rotatable bonds is 7. The van der Waals surface area contributed by atoms with Gasteiger partial charge in [-0.15, -0.1) is 0 Å². The molecular formula is C22H29ClN2O4. The number of likely N-dealkylation sites (tertiary alicyclic amines) is 1. The van der Waals surface area contributed by atoms with E-state index >= 15 is 0 Å². The van der Waals surface area contributed by atoms with Gasteiger partial charge in [-0.1, -0.05) is 30.5 Å². The molecule has 1 aromatic rings. The van der Waals surface area contributed by atoms with Crippen LogP contribution in [0.15, 0.2) is 24.3 Å². The second-order valence-corrected chi connectivity index (χ2v) is 8.22. The first-order chi connectivity index (χ1) is 14.0. The van der Waals surface area contributed by atoms with Gasteiger partial charge in [0.1, 0.15) is 6.04 Å². The summed E-state index contributed by atoms with van der Waals surface area (Å²) in [6.45, 7) is 2.52.